The van der Waals surface area contributed by atoms with E-state index in [-0.39, 0.29) is 12.4 Å². The molecule has 0 spiro atoms. The van der Waals surface area contributed by atoms with E-state index in [1.165, 1.54) is 0 Å². The molecule has 0 saturated carbocycles. The Morgan fingerprint density at radius 2 is 2.22 bits per heavy atom. The summed E-state index contributed by atoms with van der Waals surface area (Å²) in [5.41, 5.74) is 3.92. The third-order valence-corrected chi connectivity index (χ3v) is 2.99. The van der Waals surface area contributed by atoms with E-state index in [0.29, 0.717) is 6.54 Å². The maximum absolute atomic E-state index is 12.0. The van der Waals surface area contributed by atoms with E-state index < -0.39 is 6.04 Å². The van der Waals surface area contributed by atoms with Crippen molar-refractivity contribution in [2.75, 3.05) is 23.6 Å². The second-order valence-corrected chi connectivity index (χ2v) is 4.50. The van der Waals surface area contributed by atoms with Crippen molar-refractivity contribution in [2.24, 2.45) is 0 Å². The van der Waals surface area contributed by atoms with Gasteiger partial charge in [0, 0.05) is 0 Å². The van der Waals surface area contributed by atoms with Crippen molar-refractivity contribution >= 4 is 24.4 Å². The van der Waals surface area contributed by atoms with Crippen LogP contribution in [-0.4, -0.2) is 32.1 Å². The molecule has 1 aliphatic heterocycles. The molecule has 18 heavy (non-hydrogen) atoms. The first-order valence-electron chi connectivity index (χ1n) is 5.95. The molecule has 1 aliphatic rings. The third kappa shape index (κ3) is 2.59. The Balaban J connectivity index is 2.24. The Kier molecular flexibility index (Phi) is 3.76. The Bertz CT molecular complexity index is 490. The summed E-state index contributed by atoms with van der Waals surface area (Å²) >= 11 is 0. The molecule has 3 N–H and O–H groups in total. The number of nitrogens with one attached hydrogen (secondary N) is 3. The molecule has 0 fully saturated rings. The van der Waals surface area contributed by atoms with Crippen LogP contribution in [0.4, 0.5) is 11.4 Å². The number of hydrogen-bond donors (Lipinski definition) is 3. The second-order valence-electron chi connectivity index (χ2n) is 4.50. The summed E-state index contributed by atoms with van der Waals surface area (Å²) in [6, 6.07) is 3.63. The van der Waals surface area contributed by atoms with E-state index in [9.17, 15) is 9.50 Å². The van der Waals surface area contributed by atoms with Crippen LogP contribution in [0.25, 0.3) is 0 Å². The van der Waals surface area contributed by atoms with Crippen LogP contribution in [-0.2, 0) is 9.50 Å². The van der Waals surface area contributed by atoms with Gasteiger partial charge in [-0.05, 0) is 0 Å². The molecule has 0 aliphatic carbocycles. The quantitative estimate of drug-likeness (QED) is 0.683. The molecule has 1 aromatic rings. The van der Waals surface area contributed by atoms with E-state index in [4.69, 9.17) is 0 Å². The molecule has 94 valence electrons. The summed E-state index contributed by atoms with van der Waals surface area (Å²) < 4.78 is 10.3. The van der Waals surface area contributed by atoms with Crippen LogP contribution in [0.5, 0.6) is 0 Å². The van der Waals surface area contributed by atoms with Gasteiger partial charge in [-0.2, -0.15) is 0 Å². The van der Waals surface area contributed by atoms with Gasteiger partial charge in [-0.3, -0.25) is 0 Å². The van der Waals surface area contributed by atoms with Crippen molar-refractivity contribution in [2.45, 2.75) is 19.9 Å². The number of fused-ring (bicyclic) bond motifs is 1. The number of hydrogen-bond acceptors (Lipinski definition) is 4. The van der Waals surface area contributed by atoms with Crippen molar-refractivity contribution in [3.63, 3.8) is 0 Å². The molecule has 1 aromatic carbocycles. The summed E-state index contributed by atoms with van der Waals surface area (Å²) in [4.78, 5) is 12.0. The number of anilines is 2. The van der Waals surface area contributed by atoms with E-state index >= 15 is 0 Å². The number of rotatable bonds is 3. The van der Waals surface area contributed by atoms with Crippen molar-refractivity contribution in [1.29, 1.82) is 0 Å². The topological polar surface area (TPSA) is 70.2 Å². The molecule has 1 heterocycles. The molecule has 5 nitrogen and oxygen atoms in total. The summed E-state index contributed by atoms with van der Waals surface area (Å²) in [6.45, 7) is 4.45. The zero-order valence-corrected chi connectivity index (χ0v) is 10.5. The molecule has 6 heteroatoms. The predicted octanol–water partition coefficient (Wildman–Crippen LogP) is 0.633. The Hall–Kier alpha value is -1.69. The van der Waals surface area contributed by atoms with Crippen LogP contribution in [0.2, 0.25) is 0 Å². The molecule has 0 unspecified atom stereocenters. The Morgan fingerprint density at radius 1 is 1.44 bits per heavy atom. The minimum absolute atomic E-state index is 0.116. The molecule has 1 atom stereocenters. The standard InChI is InChI=1S/C12H16BN3O2/c1-7-3-8(2)11-9(4-7)14-5-10(12(17)16-11)15-6-13-18/h3-4,10,14-15H,5-6H2,1-2H3,(H,16,17)/t10-/m0/s1. The van der Waals surface area contributed by atoms with Gasteiger partial charge in [0.05, 0.1) is 0 Å². The van der Waals surface area contributed by atoms with Crippen LogP contribution in [0.15, 0.2) is 12.1 Å². The van der Waals surface area contributed by atoms with Gasteiger partial charge in [-0.15, -0.1) is 0 Å². The average molecular weight is 245 g/mol. The minimum atomic E-state index is -0.401. The van der Waals surface area contributed by atoms with Gasteiger partial charge in [0.25, 0.3) is 0 Å². The van der Waals surface area contributed by atoms with Crippen molar-refractivity contribution in [1.82, 2.24) is 5.32 Å². The second kappa shape index (κ2) is 5.31. The van der Waals surface area contributed by atoms with Crippen LogP contribution in [0.3, 0.4) is 0 Å². The van der Waals surface area contributed by atoms with Crippen LogP contribution in [0.1, 0.15) is 11.1 Å². The van der Waals surface area contributed by atoms with Gasteiger partial charge >= 0.3 is 106 Å². The fourth-order valence-electron chi connectivity index (χ4n) is 2.14. The maximum atomic E-state index is 12.0. The summed E-state index contributed by atoms with van der Waals surface area (Å²) in [5.74, 6) is -0.116. The fraction of sp³-hybridized carbons (Fsp3) is 0.417. The number of carbonyl (C=O) groups is 1. The molecule has 0 aromatic heterocycles. The van der Waals surface area contributed by atoms with Crippen LogP contribution >= 0.6 is 0 Å². The van der Waals surface area contributed by atoms with Crippen molar-refractivity contribution in [3.05, 3.63) is 23.3 Å². The van der Waals surface area contributed by atoms with Gasteiger partial charge in [-0.1, -0.05) is 0 Å². The molecule has 1 amide bonds. The van der Waals surface area contributed by atoms with E-state index in [0.717, 1.165) is 29.7 Å². The zero-order valence-electron chi connectivity index (χ0n) is 10.5. The molecule has 0 saturated heterocycles. The van der Waals surface area contributed by atoms with Gasteiger partial charge < -0.3 is 0 Å². The molecular weight excluding hydrogens is 229 g/mol. The Morgan fingerprint density at radius 3 is 2.94 bits per heavy atom. The third-order valence-electron chi connectivity index (χ3n) is 2.99. The average Bonchev–Trinajstić information content (AvgIpc) is 2.47. The van der Waals surface area contributed by atoms with Crippen LogP contribution in [0, 0.1) is 13.8 Å². The molecule has 0 radical (unpaired) electrons. The van der Waals surface area contributed by atoms with E-state index in [2.05, 4.69) is 16.0 Å². The monoisotopic (exact) mass is 245 g/mol. The van der Waals surface area contributed by atoms with E-state index in [1.54, 1.807) is 0 Å². The summed E-state index contributed by atoms with van der Waals surface area (Å²) in [7, 11) is 0.751. The number of benzene rings is 1. The number of carbonyl (C=O) groups excluding carboxylic acids is 1. The summed E-state index contributed by atoms with van der Waals surface area (Å²) in [6.07, 6.45) is 0.175. The fourth-order valence-corrected chi connectivity index (χ4v) is 2.14. The first kappa shape index (κ1) is 12.8. The van der Waals surface area contributed by atoms with Gasteiger partial charge in [0.1, 0.15) is 0 Å². The van der Waals surface area contributed by atoms with E-state index in [1.807, 2.05) is 26.0 Å². The first-order valence-corrected chi connectivity index (χ1v) is 5.95. The zero-order chi connectivity index (χ0) is 13.1. The number of aryl methyl sites for hydroxylation is 2. The first-order chi connectivity index (χ1) is 8.61. The SMILES string of the molecule is Cc1cc(C)c2c(c1)NC[C@H](NCB=O)C(=O)N2. The summed E-state index contributed by atoms with van der Waals surface area (Å²) in [5, 5.41) is 9.02. The van der Waals surface area contributed by atoms with Gasteiger partial charge in [0.2, 0.25) is 0 Å². The number of amides is 1. The Labute approximate surface area is 107 Å². The predicted molar refractivity (Wildman–Crippen MR) is 71.3 cm³/mol. The normalized spacial score (nSPS) is 18.1. The molecule has 2 rings (SSSR count). The van der Waals surface area contributed by atoms with Gasteiger partial charge in [-0.25, -0.2) is 0 Å². The molecular formula is C12H16BN3O2. The van der Waals surface area contributed by atoms with Gasteiger partial charge in [0.15, 0.2) is 0 Å². The van der Waals surface area contributed by atoms with Crippen LogP contribution < -0.4 is 16.0 Å². The van der Waals surface area contributed by atoms with Crippen molar-refractivity contribution in [3.8, 4) is 0 Å². The molecule has 0 bridgehead atoms. The van der Waals surface area contributed by atoms with Crippen molar-refractivity contribution < 1.29 is 9.50 Å².